The van der Waals surface area contributed by atoms with E-state index in [1.165, 1.54) is 11.1 Å². The topological polar surface area (TPSA) is 9.23 Å². The van der Waals surface area contributed by atoms with Crippen LogP contribution in [0.1, 0.15) is 26.9 Å². The van der Waals surface area contributed by atoms with Crippen LogP contribution in [-0.4, -0.2) is 6.61 Å². The summed E-state index contributed by atoms with van der Waals surface area (Å²) in [6, 6.07) is 6.31. The average molecular weight is 423 g/mol. The molecule has 5 heteroatoms. The van der Waals surface area contributed by atoms with Crippen molar-refractivity contribution in [2.75, 3.05) is 6.61 Å². The Bertz CT molecular complexity index is 619. The molecule has 0 fully saturated rings. The number of rotatable bonds is 2. The number of hydrogen-bond donors (Lipinski definition) is 0. The summed E-state index contributed by atoms with van der Waals surface area (Å²) in [4.78, 5) is 1.14. The van der Waals surface area contributed by atoms with Crippen LogP contribution in [0.25, 0.3) is 0 Å². The van der Waals surface area contributed by atoms with Gasteiger partial charge in [-0.3, -0.25) is 0 Å². The molecule has 0 saturated heterocycles. The first-order valence-corrected chi connectivity index (χ1v) is 8.75. The molecule has 1 aromatic carbocycles. The first-order valence-electron chi connectivity index (χ1n) is 5.91. The lowest BCUT2D eigenvalue weighted by Crippen LogP contribution is -1.96. The van der Waals surface area contributed by atoms with E-state index in [0.29, 0.717) is 0 Å². The monoisotopic (exact) mass is 420 g/mol. The fourth-order valence-corrected chi connectivity index (χ4v) is 4.70. The maximum Gasteiger partial charge on any atom is 0.127 e. The van der Waals surface area contributed by atoms with Crippen LogP contribution >= 0.6 is 54.8 Å². The number of fused-ring (bicyclic) bond motifs is 1. The van der Waals surface area contributed by atoms with Crippen molar-refractivity contribution in [1.82, 2.24) is 0 Å². The van der Waals surface area contributed by atoms with E-state index in [1.807, 2.05) is 0 Å². The van der Waals surface area contributed by atoms with Crippen molar-refractivity contribution >= 4 is 54.8 Å². The van der Waals surface area contributed by atoms with Crippen molar-refractivity contribution in [1.29, 1.82) is 0 Å². The van der Waals surface area contributed by atoms with Crippen LogP contribution in [0.15, 0.2) is 26.5 Å². The Morgan fingerprint density at radius 1 is 1.32 bits per heavy atom. The molecule has 1 unspecified atom stereocenters. The highest BCUT2D eigenvalue weighted by Gasteiger charge is 2.24. The summed E-state index contributed by atoms with van der Waals surface area (Å²) in [6.07, 6.45) is 0.957. The molecule has 0 bridgehead atoms. The lowest BCUT2D eigenvalue weighted by molar-refractivity contribution is 0.353. The van der Waals surface area contributed by atoms with Crippen molar-refractivity contribution < 1.29 is 4.74 Å². The van der Waals surface area contributed by atoms with Crippen LogP contribution in [0.4, 0.5) is 0 Å². The zero-order chi connectivity index (χ0) is 13.6. The van der Waals surface area contributed by atoms with E-state index >= 15 is 0 Å². The Balaban J connectivity index is 2.07. The second-order valence-electron chi connectivity index (χ2n) is 4.55. The van der Waals surface area contributed by atoms with Gasteiger partial charge in [0.1, 0.15) is 5.75 Å². The van der Waals surface area contributed by atoms with Crippen LogP contribution in [0.3, 0.4) is 0 Å². The molecule has 0 spiro atoms. The number of ether oxygens (including phenoxy) is 1. The number of aryl methyl sites for hydroxylation is 1. The molecular weight excluding hydrogens is 411 g/mol. The molecule has 3 rings (SSSR count). The maximum atomic E-state index is 6.66. The molecule has 1 aliphatic rings. The standard InChI is InChI=1S/C14H11Br2ClOS/c1-7-4-11(19-14(7)16)12(17)10-6-9(15)5-8-2-3-18-13(8)10/h4-6,12H,2-3H2,1H3. The number of alkyl halides is 1. The van der Waals surface area contributed by atoms with Crippen LogP contribution in [0.2, 0.25) is 0 Å². The largest absolute Gasteiger partial charge is 0.493 e. The number of thiophene rings is 1. The van der Waals surface area contributed by atoms with Crippen LogP contribution in [-0.2, 0) is 6.42 Å². The van der Waals surface area contributed by atoms with Gasteiger partial charge < -0.3 is 4.74 Å². The van der Waals surface area contributed by atoms with E-state index in [-0.39, 0.29) is 5.38 Å². The SMILES string of the molecule is Cc1cc(C(Cl)c2cc(Br)cc3c2OCC3)sc1Br. The van der Waals surface area contributed by atoms with Crippen molar-refractivity contribution in [3.8, 4) is 5.75 Å². The number of hydrogen-bond acceptors (Lipinski definition) is 2. The minimum absolute atomic E-state index is 0.167. The van der Waals surface area contributed by atoms with Gasteiger partial charge in [0, 0.05) is 21.3 Å². The molecule has 1 nitrogen and oxygen atoms in total. The lowest BCUT2D eigenvalue weighted by atomic mass is 10.0. The van der Waals surface area contributed by atoms with Crippen molar-refractivity contribution in [3.05, 3.63) is 48.0 Å². The van der Waals surface area contributed by atoms with Crippen LogP contribution < -0.4 is 4.74 Å². The molecule has 2 aromatic rings. The van der Waals surface area contributed by atoms with Gasteiger partial charge in [-0.25, -0.2) is 0 Å². The summed E-state index contributed by atoms with van der Waals surface area (Å²) in [7, 11) is 0. The third-order valence-corrected chi connectivity index (χ3v) is 6.44. The smallest absolute Gasteiger partial charge is 0.127 e. The normalized spacial score (nSPS) is 15.2. The molecule has 0 aliphatic carbocycles. The lowest BCUT2D eigenvalue weighted by Gasteiger charge is -2.13. The molecular formula is C14H11Br2ClOS. The summed E-state index contributed by atoms with van der Waals surface area (Å²) >= 11 is 15.5. The van der Waals surface area contributed by atoms with Gasteiger partial charge in [0.25, 0.3) is 0 Å². The second-order valence-corrected chi connectivity index (χ2v) is 8.30. The Morgan fingerprint density at radius 3 is 2.79 bits per heavy atom. The van der Waals surface area contributed by atoms with Gasteiger partial charge in [0.05, 0.1) is 15.8 Å². The summed E-state index contributed by atoms with van der Waals surface area (Å²) in [5.41, 5.74) is 3.51. The van der Waals surface area contributed by atoms with Crippen LogP contribution in [0, 0.1) is 6.92 Å². The Hall–Kier alpha value is -0.0300. The molecule has 1 atom stereocenters. The fraction of sp³-hybridized carbons (Fsp3) is 0.286. The van der Waals surface area contributed by atoms with Gasteiger partial charge in [-0.15, -0.1) is 22.9 Å². The zero-order valence-electron chi connectivity index (χ0n) is 10.2. The van der Waals surface area contributed by atoms with E-state index in [1.54, 1.807) is 11.3 Å². The van der Waals surface area contributed by atoms with Gasteiger partial charge >= 0.3 is 0 Å². The van der Waals surface area contributed by atoms with Gasteiger partial charge in [-0.2, -0.15) is 0 Å². The van der Waals surface area contributed by atoms with Gasteiger partial charge in [0.15, 0.2) is 0 Å². The highest BCUT2D eigenvalue weighted by Crippen LogP contribution is 2.44. The minimum atomic E-state index is -0.167. The molecule has 1 aliphatic heterocycles. The van der Waals surface area contributed by atoms with Crippen molar-refractivity contribution in [2.45, 2.75) is 18.7 Å². The predicted octanol–water partition coefficient (Wildman–Crippen LogP) is 5.84. The molecule has 19 heavy (non-hydrogen) atoms. The van der Waals surface area contributed by atoms with E-state index < -0.39 is 0 Å². The third-order valence-electron chi connectivity index (χ3n) is 3.18. The van der Waals surface area contributed by atoms with E-state index in [2.05, 4.69) is 57.0 Å². The Labute approximate surface area is 138 Å². The van der Waals surface area contributed by atoms with E-state index in [9.17, 15) is 0 Å². The second kappa shape index (κ2) is 5.40. The van der Waals surface area contributed by atoms with Gasteiger partial charge in [-0.05, 0) is 52.2 Å². The molecule has 0 radical (unpaired) electrons. The maximum absolute atomic E-state index is 6.66. The van der Waals surface area contributed by atoms with E-state index in [0.717, 1.165) is 37.5 Å². The van der Waals surface area contributed by atoms with Crippen molar-refractivity contribution in [2.24, 2.45) is 0 Å². The molecule has 2 heterocycles. The average Bonchev–Trinajstić information content (AvgIpc) is 2.95. The molecule has 0 N–H and O–H groups in total. The fourth-order valence-electron chi connectivity index (χ4n) is 2.25. The van der Waals surface area contributed by atoms with Gasteiger partial charge in [-0.1, -0.05) is 15.9 Å². The summed E-state index contributed by atoms with van der Waals surface area (Å²) < 4.78 is 7.95. The number of halogens is 3. The minimum Gasteiger partial charge on any atom is -0.493 e. The molecule has 100 valence electrons. The van der Waals surface area contributed by atoms with E-state index in [4.69, 9.17) is 16.3 Å². The van der Waals surface area contributed by atoms with Gasteiger partial charge in [0.2, 0.25) is 0 Å². The highest BCUT2D eigenvalue weighted by atomic mass is 79.9. The molecule has 0 saturated carbocycles. The zero-order valence-corrected chi connectivity index (χ0v) is 14.9. The molecule has 1 aromatic heterocycles. The van der Waals surface area contributed by atoms with Crippen molar-refractivity contribution in [3.63, 3.8) is 0 Å². The number of benzene rings is 1. The summed E-state index contributed by atoms with van der Waals surface area (Å²) in [5.74, 6) is 0.963. The quantitative estimate of drug-likeness (QED) is 0.552. The summed E-state index contributed by atoms with van der Waals surface area (Å²) in [5, 5.41) is -0.167. The molecule has 0 amide bonds. The Morgan fingerprint density at radius 2 is 2.11 bits per heavy atom. The summed E-state index contributed by atoms with van der Waals surface area (Å²) in [6.45, 7) is 2.82. The first-order chi connectivity index (χ1) is 9.06. The van der Waals surface area contributed by atoms with Crippen LogP contribution in [0.5, 0.6) is 5.75 Å². The third kappa shape index (κ3) is 2.60. The predicted molar refractivity (Wildman–Crippen MR) is 87.8 cm³/mol. The highest BCUT2D eigenvalue weighted by molar-refractivity contribution is 9.11. The Kier molecular flexibility index (Phi) is 3.96. The first kappa shape index (κ1) is 13.9.